The van der Waals surface area contributed by atoms with Crippen molar-refractivity contribution in [3.8, 4) is 5.69 Å². The van der Waals surface area contributed by atoms with Gasteiger partial charge >= 0.3 is 0 Å². The molecule has 0 bridgehead atoms. The van der Waals surface area contributed by atoms with Gasteiger partial charge in [-0.1, -0.05) is 6.07 Å². The highest BCUT2D eigenvalue weighted by atomic mass is 79.9. The first-order valence-electron chi connectivity index (χ1n) is 5.09. The number of aromatic nitrogens is 3. The average molecular weight is 279 g/mol. The summed E-state index contributed by atoms with van der Waals surface area (Å²) in [6.07, 6.45) is 0. The van der Waals surface area contributed by atoms with Gasteiger partial charge in [0, 0.05) is 11.5 Å². The van der Waals surface area contributed by atoms with Crippen LogP contribution in [0.25, 0.3) is 5.69 Å². The zero-order chi connectivity index (χ0) is 11.3. The first-order valence-corrected chi connectivity index (χ1v) is 5.88. The highest BCUT2D eigenvalue weighted by Crippen LogP contribution is 2.35. The second-order valence-corrected chi connectivity index (χ2v) is 4.81. The highest BCUT2D eigenvalue weighted by Gasteiger charge is 2.23. The summed E-state index contributed by atoms with van der Waals surface area (Å²) in [4.78, 5) is 6.61. The molecule has 0 saturated carbocycles. The van der Waals surface area contributed by atoms with Crippen molar-refractivity contribution >= 4 is 21.6 Å². The molecule has 0 fully saturated rings. The third-order valence-electron chi connectivity index (χ3n) is 2.73. The van der Waals surface area contributed by atoms with Crippen LogP contribution in [0.3, 0.4) is 0 Å². The third-order valence-corrected chi connectivity index (χ3v) is 3.37. The molecule has 16 heavy (non-hydrogen) atoms. The predicted octanol–water partition coefficient (Wildman–Crippen LogP) is 2.29. The molecule has 3 rings (SSSR count). The van der Waals surface area contributed by atoms with Crippen molar-refractivity contribution in [1.82, 2.24) is 14.8 Å². The van der Waals surface area contributed by atoms with Gasteiger partial charge in [0.2, 0.25) is 0 Å². The first-order chi connectivity index (χ1) is 7.66. The van der Waals surface area contributed by atoms with Crippen LogP contribution in [0.2, 0.25) is 0 Å². The van der Waals surface area contributed by atoms with Crippen LogP contribution in [0.5, 0.6) is 0 Å². The fourth-order valence-electron chi connectivity index (χ4n) is 2.10. The number of para-hydroxylation sites is 1. The Labute approximate surface area is 102 Å². The maximum Gasteiger partial charge on any atom is 0.152 e. The van der Waals surface area contributed by atoms with Crippen LogP contribution < -0.4 is 4.90 Å². The van der Waals surface area contributed by atoms with Crippen LogP contribution in [-0.2, 0) is 6.54 Å². The number of aryl methyl sites for hydroxylation is 1. The van der Waals surface area contributed by atoms with Crippen molar-refractivity contribution in [3.63, 3.8) is 0 Å². The van der Waals surface area contributed by atoms with Crippen molar-refractivity contribution in [2.45, 2.75) is 13.5 Å². The summed E-state index contributed by atoms with van der Waals surface area (Å²) < 4.78 is 3.02. The average Bonchev–Trinajstić information content (AvgIpc) is 2.58. The Kier molecular flexibility index (Phi) is 2.04. The van der Waals surface area contributed by atoms with Gasteiger partial charge in [-0.3, -0.25) is 0 Å². The zero-order valence-electron chi connectivity index (χ0n) is 9.11. The number of anilines is 1. The quantitative estimate of drug-likeness (QED) is 0.742. The number of nitrogens with zero attached hydrogens (tertiary/aromatic N) is 4. The predicted molar refractivity (Wildman–Crippen MR) is 65.9 cm³/mol. The van der Waals surface area contributed by atoms with E-state index in [1.54, 1.807) is 0 Å². The molecule has 0 aliphatic carbocycles. The molecule has 0 N–H and O–H groups in total. The van der Waals surface area contributed by atoms with Gasteiger partial charge in [-0.15, -0.1) is 0 Å². The Morgan fingerprint density at radius 1 is 1.38 bits per heavy atom. The molecule has 1 aliphatic rings. The van der Waals surface area contributed by atoms with Crippen molar-refractivity contribution in [2.75, 3.05) is 11.9 Å². The van der Waals surface area contributed by atoms with E-state index in [9.17, 15) is 0 Å². The molecule has 1 aromatic carbocycles. The Morgan fingerprint density at radius 3 is 3.00 bits per heavy atom. The molecule has 2 aromatic rings. The monoisotopic (exact) mass is 278 g/mol. The summed E-state index contributed by atoms with van der Waals surface area (Å²) in [5.74, 6) is 1.81. The van der Waals surface area contributed by atoms with Gasteiger partial charge in [-0.05, 0) is 35.0 Å². The second kappa shape index (κ2) is 3.31. The van der Waals surface area contributed by atoms with Gasteiger partial charge in [0.05, 0.1) is 17.9 Å². The van der Waals surface area contributed by atoms with E-state index in [0.29, 0.717) is 0 Å². The van der Waals surface area contributed by atoms with Crippen LogP contribution in [0.1, 0.15) is 11.6 Å². The summed E-state index contributed by atoms with van der Waals surface area (Å²) in [7, 11) is 2.07. The lowest BCUT2D eigenvalue weighted by Crippen LogP contribution is -2.26. The molecule has 0 unspecified atom stereocenters. The molecule has 0 saturated heterocycles. The summed E-state index contributed by atoms with van der Waals surface area (Å²) in [5.41, 5.74) is 2.25. The molecule has 1 aliphatic heterocycles. The molecule has 2 heterocycles. The van der Waals surface area contributed by atoms with Crippen LogP contribution in [0.15, 0.2) is 22.7 Å². The zero-order valence-corrected chi connectivity index (χ0v) is 10.7. The molecular formula is C11H11BrN4. The van der Waals surface area contributed by atoms with E-state index in [-0.39, 0.29) is 0 Å². The number of hydrogen-bond donors (Lipinski definition) is 0. The third kappa shape index (κ3) is 1.28. The Morgan fingerprint density at radius 2 is 2.19 bits per heavy atom. The summed E-state index contributed by atoms with van der Waals surface area (Å²) in [6.45, 7) is 2.71. The van der Waals surface area contributed by atoms with Crippen molar-refractivity contribution in [3.05, 3.63) is 34.3 Å². The standard InChI is InChI=1S/C11H11BrN4/c1-7-13-10-6-15(2)11-8(12)4-3-5-9(11)16(10)14-7/h3-5H,6H2,1-2H3. The van der Waals surface area contributed by atoms with Crippen LogP contribution in [0.4, 0.5) is 5.69 Å². The van der Waals surface area contributed by atoms with Crippen molar-refractivity contribution in [1.29, 1.82) is 0 Å². The van der Waals surface area contributed by atoms with E-state index in [1.165, 1.54) is 5.69 Å². The van der Waals surface area contributed by atoms with E-state index in [1.807, 2.05) is 23.7 Å². The highest BCUT2D eigenvalue weighted by molar-refractivity contribution is 9.10. The number of halogens is 1. The minimum Gasteiger partial charge on any atom is -0.364 e. The first kappa shape index (κ1) is 9.84. The van der Waals surface area contributed by atoms with E-state index in [0.717, 1.165) is 28.4 Å². The molecule has 0 radical (unpaired) electrons. The number of fused-ring (bicyclic) bond motifs is 3. The van der Waals surface area contributed by atoms with E-state index >= 15 is 0 Å². The van der Waals surface area contributed by atoms with Crippen LogP contribution in [-0.4, -0.2) is 21.8 Å². The lowest BCUT2D eigenvalue weighted by Gasteiger charge is -2.28. The van der Waals surface area contributed by atoms with Gasteiger partial charge in [0.15, 0.2) is 5.82 Å². The molecule has 0 spiro atoms. The summed E-state index contributed by atoms with van der Waals surface area (Å²) in [5, 5.41) is 4.43. The molecule has 5 heteroatoms. The number of benzene rings is 1. The Hall–Kier alpha value is -1.36. The van der Waals surface area contributed by atoms with E-state index in [2.05, 4.69) is 44.0 Å². The molecule has 4 nitrogen and oxygen atoms in total. The largest absolute Gasteiger partial charge is 0.364 e. The van der Waals surface area contributed by atoms with E-state index in [4.69, 9.17) is 0 Å². The lowest BCUT2D eigenvalue weighted by atomic mass is 10.2. The van der Waals surface area contributed by atoms with Gasteiger partial charge in [0.1, 0.15) is 5.82 Å². The molecule has 0 atom stereocenters. The maximum absolute atomic E-state index is 4.43. The minimum atomic E-state index is 0.788. The van der Waals surface area contributed by atoms with Gasteiger partial charge in [-0.25, -0.2) is 9.67 Å². The molecule has 1 aromatic heterocycles. The normalized spacial score (nSPS) is 13.6. The molecular weight excluding hydrogens is 268 g/mol. The van der Waals surface area contributed by atoms with Gasteiger partial charge in [-0.2, -0.15) is 5.10 Å². The number of hydrogen-bond acceptors (Lipinski definition) is 3. The van der Waals surface area contributed by atoms with Gasteiger partial charge < -0.3 is 4.90 Å². The fourth-order valence-corrected chi connectivity index (χ4v) is 2.76. The lowest BCUT2D eigenvalue weighted by molar-refractivity contribution is 0.722. The summed E-state index contributed by atoms with van der Waals surface area (Å²) >= 11 is 3.58. The van der Waals surface area contributed by atoms with Crippen LogP contribution >= 0.6 is 15.9 Å². The fraction of sp³-hybridized carbons (Fsp3) is 0.273. The van der Waals surface area contributed by atoms with Gasteiger partial charge in [0.25, 0.3) is 0 Å². The topological polar surface area (TPSA) is 34.0 Å². The second-order valence-electron chi connectivity index (χ2n) is 3.95. The van der Waals surface area contributed by atoms with E-state index < -0.39 is 0 Å². The molecule has 82 valence electrons. The van der Waals surface area contributed by atoms with Crippen LogP contribution in [0, 0.1) is 6.92 Å². The minimum absolute atomic E-state index is 0.788. The Balaban J connectivity index is 2.32. The maximum atomic E-state index is 4.43. The van der Waals surface area contributed by atoms with Crippen molar-refractivity contribution in [2.24, 2.45) is 0 Å². The SMILES string of the molecule is Cc1nc2n(n1)-c1cccc(Br)c1N(C)C2. The van der Waals surface area contributed by atoms with Crippen molar-refractivity contribution < 1.29 is 0 Å². The Bertz CT molecular complexity index is 561. The summed E-state index contributed by atoms with van der Waals surface area (Å²) in [6, 6.07) is 6.13. The smallest absolute Gasteiger partial charge is 0.152 e. The number of rotatable bonds is 0. The molecule has 0 amide bonds.